The Labute approximate surface area is 101 Å². The maximum absolute atomic E-state index is 5.38. The molecule has 0 atom stereocenters. The fraction of sp³-hybridized carbons (Fsp3) is 0.538. The van der Waals surface area contributed by atoms with Crippen LogP contribution in [0.5, 0.6) is 0 Å². The van der Waals surface area contributed by atoms with Crippen LogP contribution in [0.3, 0.4) is 0 Å². The van der Waals surface area contributed by atoms with E-state index >= 15 is 0 Å². The summed E-state index contributed by atoms with van der Waals surface area (Å²) in [6.45, 7) is 1.25. The van der Waals surface area contributed by atoms with Gasteiger partial charge in [-0.15, -0.1) is 0 Å². The lowest BCUT2D eigenvalue weighted by molar-refractivity contribution is -0.166. The van der Waals surface area contributed by atoms with Crippen LogP contribution in [-0.2, 0) is 38.4 Å². The topological polar surface area (TPSA) is 36.9 Å². The largest absolute Gasteiger partial charge is 0.359 e. The lowest BCUT2D eigenvalue weighted by atomic mass is 9.87. The molecule has 0 heterocycles. The second kappa shape index (κ2) is 6.71. The average Bonchev–Trinajstić information content (AvgIpc) is 2.31. The van der Waals surface area contributed by atoms with E-state index < -0.39 is 0 Å². The van der Waals surface area contributed by atoms with Crippen LogP contribution < -0.4 is 0 Å². The van der Waals surface area contributed by atoms with Crippen molar-refractivity contribution >= 4 is 0 Å². The highest BCUT2D eigenvalue weighted by Gasteiger charge is 2.12. The molecule has 0 saturated carbocycles. The van der Waals surface area contributed by atoms with E-state index in [2.05, 4.69) is 18.2 Å². The molecule has 0 saturated heterocycles. The second-order valence-corrected chi connectivity index (χ2v) is 4.00. The van der Waals surface area contributed by atoms with Gasteiger partial charge in [-0.2, -0.15) is 0 Å². The van der Waals surface area contributed by atoms with Crippen molar-refractivity contribution in [3.63, 3.8) is 0 Å². The Hall–Kier alpha value is -0.940. The SMILES string of the molecule is COCOCOCOCc1ccc2c(c1)CC2. The van der Waals surface area contributed by atoms with Crippen molar-refractivity contribution in [1.82, 2.24) is 0 Å². The maximum atomic E-state index is 5.38. The van der Waals surface area contributed by atoms with Crippen LogP contribution in [-0.4, -0.2) is 27.5 Å². The summed E-state index contributed by atoms with van der Waals surface area (Å²) >= 11 is 0. The summed E-state index contributed by atoms with van der Waals surface area (Å²) in [6, 6.07) is 6.50. The molecule has 0 aliphatic heterocycles. The predicted octanol–water partition coefficient (Wildman–Crippen LogP) is 1.85. The zero-order chi connectivity index (χ0) is 11.9. The molecule has 1 aliphatic rings. The molecule has 0 N–H and O–H groups in total. The first-order chi connectivity index (χ1) is 8.40. The minimum Gasteiger partial charge on any atom is -0.359 e. The van der Waals surface area contributed by atoms with Gasteiger partial charge in [0.15, 0.2) is 6.79 Å². The number of aryl methyl sites for hydroxylation is 2. The van der Waals surface area contributed by atoms with Gasteiger partial charge in [-0.1, -0.05) is 18.2 Å². The van der Waals surface area contributed by atoms with Gasteiger partial charge < -0.3 is 18.9 Å². The van der Waals surface area contributed by atoms with Crippen LogP contribution in [0, 0.1) is 0 Å². The summed E-state index contributed by atoms with van der Waals surface area (Å²) in [6.07, 6.45) is 2.42. The number of benzene rings is 1. The lowest BCUT2D eigenvalue weighted by Crippen LogP contribution is -2.09. The first-order valence-corrected chi connectivity index (χ1v) is 5.73. The Kier molecular flexibility index (Phi) is 4.94. The quantitative estimate of drug-likeness (QED) is 0.511. The molecule has 0 aromatic heterocycles. The molecule has 2 rings (SSSR count). The number of ether oxygens (including phenoxy) is 4. The normalized spacial score (nSPS) is 13.2. The second-order valence-electron chi connectivity index (χ2n) is 4.00. The standard InChI is InChI=1S/C13H18O4/c1-14-8-16-10-17-9-15-7-11-2-3-12-4-5-13(12)6-11/h2-3,6H,4-5,7-10H2,1H3. The molecule has 0 fully saturated rings. The van der Waals surface area contributed by atoms with Gasteiger partial charge in [0.05, 0.1) is 6.61 Å². The third kappa shape index (κ3) is 3.78. The van der Waals surface area contributed by atoms with Crippen molar-refractivity contribution < 1.29 is 18.9 Å². The van der Waals surface area contributed by atoms with Gasteiger partial charge in [-0.3, -0.25) is 0 Å². The summed E-state index contributed by atoms with van der Waals surface area (Å²) in [5, 5.41) is 0. The molecule has 0 bridgehead atoms. The molecule has 0 amide bonds. The fourth-order valence-corrected chi connectivity index (χ4v) is 1.77. The molecule has 1 aromatic rings. The van der Waals surface area contributed by atoms with Gasteiger partial charge in [-0.25, -0.2) is 0 Å². The van der Waals surface area contributed by atoms with E-state index in [0.29, 0.717) is 6.61 Å². The summed E-state index contributed by atoms with van der Waals surface area (Å²) in [4.78, 5) is 0. The van der Waals surface area contributed by atoms with Crippen LogP contribution in [0.1, 0.15) is 16.7 Å². The highest BCUT2D eigenvalue weighted by molar-refractivity contribution is 5.38. The van der Waals surface area contributed by atoms with Crippen LogP contribution in [0.15, 0.2) is 18.2 Å². The molecule has 0 unspecified atom stereocenters. The van der Waals surface area contributed by atoms with E-state index in [1.807, 2.05) is 0 Å². The van der Waals surface area contributed by atoms with Crippen LogP contribution in [0.25, 0.3) is 0 Å². The summed E-state index contributed by atoms with van der Waals surface area (Å²) in [5.74, 6) is 0. The first-order valence-electron chi connectivity index (χ1n) is 5.73. The third-order valence-corrected chi connectivity index (χ3v) is 2.74. The molecule has 0 spiro atoms. The summed E-state index contributed by atoms with van der Waals surface area (Å²) < 4.78 is 20.1. The Balaban J connectivity index is 1.57. The van der Waals surface area contributed by atoms with E-state index in [1.165, 1.54) is 29.5 Å². The Bertz CT molecular complexity index is 351. The van der Waals surface area contributed by atoms with E-state index in [4.69, 9.17) is 18.9 Å². The molecule has 17 heavy (non-hydrogen) atoms. The average molecular weight is 238 g/mol. The lowest BCUT2D eigenvalue weighted by Gasteiger charge is -2.19. The Morgan fingerprint density at radius 3 is 2.41 bits per heavy atom. The van der Waals surface area contributed by atoms with E-state index in [0.717, 1.165) is 0 Å². The van der Waals surface area contributed by atoms with Gasteiger partial charge in [0, 0.05) is 7.11 Å². The molecular weight excluding hydrogens is 220 g/mol. The van der Waals surface area contributed by atoms with E-state index in [-0.39, 0.29) is 20.4 Å². The zero-order valence-electron chi connectivity index (χ0n) is 10.1. The monoisotopic (exact) mass is 238 g/mol. The highest BCUT2D eigenvalue weighted by Crippen LogP contribution is 2.23. The zero-order valence-corrected chi connectivity index (χ0v) is 10.1. The molecule has 4 nitrogen and oxygen atoms in total. The number of hydrogen-bond donors (Lipinski definition) is 0. The molecule has 1 aromatic carbocycles. The van der Waals surface area contributed by atoms with Gasteiger partial charge in [0.2, 0.25) is 0 Å². The van der Waals surface area contributed by atoms with Crippen LogP contribution in [0.2, 0.25) is 0 Å². The number of methoxy groups -OCH3 is 1. The van der Waals surface area contributed by atoms with Crippen molar-refractivity contribution in [2.24, 2.45) is 0 Å². The minimum absolute atomic E-state index is 0.192. The molecular formula is C13H18O4. The predicted molar refractivity (Wildman–Crippen MR) is 62.4 cm³/mol. The number of hydrogen-bond acceptors (Lipinski definition) is 4. The summed E-state index contributed by atoms with van der Waals surface area (Å²) in [7, 11) is 1.57. The van der Waals surface area contributed by atoms with Gasteiger partial charge in [0.1, 0.15) is 13.6 Å². The maximum Gasteiger partial charge on any atom is 0.152 e. The van der Waals surface area contributed by atoms with Crippen LogP contribution >= 0.6 is 0 Å². The van der Waals surface area contributed by atoms with Gasteiger partial charge in [0.25, 0.3) is 0 Å². The third-order valence-electron chi connectivity index (χ3n) is 2.74. The van der Waals surface area contributed by atoms with Crippen molar-refractivity contribution in [1.29, 1.82) is 0 Å². The Morgan fingerprint density at radius 2 is 1.71 bits per heavy atom. The fourth-order valence-electron chi connectivity index (χ4n) is 1.77. The van der Waals surface area contributed by atoms with Crippen molar-refractivity contribution in [2.45, 2.75) is 19.4 Å². The minimum atomic E-state index is 0.192. The number of fused-ring (bicyclic) bond motifs is 1. The highest BCUT2D eigenvalue weighted by atomic mass is 16.8. The van der Waals surface area contributed by atoms with E-state index in [1.54, 1.807) is 7.11 Å². The van der Waals surface area contributed by atoms with Gasteiger partial charge >= 0.3 is 0 Å². The molecule has 0 radical (unpaired) electrons. The van der Waals surface area contributed by atoms with Crippen molar-refractivity contribution in [2.75, 3.05) is 27.5 Å². The van der Waals surface area contributed by atoms with Gasteiger partial charge in [-0.05, 0) is 29.5 Å². The summed E-state index contributed by atoms with van der Waals surface area (Å²) in [5.41, 5.74) is 4.12. The van der Waals surface area contributed by atoms with Crippen molar-refractivity contribution in [3.05, 3.63) is 34.9 Å². The molecule has 94 valence electrons. The van der Waals surface area contributed by atoms with Crippen LogP contribution in [0.4, 0.5) is 0 Å². The molecule has 1 aliphatic carbocycles. The molecule has 4 heteroatoms. The smallest absolute Gasteiger partial charge is 0.152 e. The Morgan fingerprint density at radius 1 is 0.941 bits per heavy atom. The van der Waals surface area contributed by atoms with E-state index in [9.17, 15) is 0 Å². The van der Waals surface area contributed by atoms with Crippen molar-refractivity contribution in [3.8, 4) is 0 Å². The number of rotatable bonds is 8. The first kappa shape index (κ1) is 12.5.